The Labute approximate surface area is 165 Å². The summed E-state index contributed by atoms with van der Waals surface area (Å²) in [5, 5.41) is 11.9. The third kappa shape index (κ3) is 4.95. The van der Waals surface area contributed by atoms with Crippen LogP contribution >= 0.6 is 0 Å². The maximum atomic E-state index is 12.4. The minimum Gasteiger partial charge on any atom is -0.490 e. The smallest absolute Gasteiger partial charge is 0.258 e. The standard InChI is InChI=1S/C22H24N2O4/c1-15(2)22(17-6-9-19-20(12-17)27-11-3-10-26-19)24-21(25)14-28-18-7-4-16(13-23)5-8-18/h4-9,12,15,22H,3,10-11,14H2,1-2H3,(H,24,25)/t22-/m1/s1. The summed E-state index contributed by atoms with van der Waals surface area (Å²) >= 11 is 0. The number of nitrogens with one attached hydrogen (secondary N) is 1. The van der Waals surface area contributed by atoms with Crippen molar-refractivity contribution in [2.45, 2.75) is 26.3 Å². The van der Waals surface area contributed by atoms with E-state index in [1.807, 2.05) is 24.3 Å². The van der Waals surface area contributed by atoms with E-state index in [2.05, 4.69) is 19.2 Å². The van der Waals surface area contributed by atoms with Crippen molar-refractivity contribution in [2.24, 2.45) is 5.92 Å². The quantitative estimate of drug-likeness (QED) is 0.828. The normalized spacial score (nSPS) is 13.9. The van der Waals surface area contributed by atoms with Gasteiger partial charge in [0.1, 0.15) is 5.75 Å². The first-order valence-corrected chi connectivity index (χ1v) is 9.38. The molecule has 1 aliphatic rings. The molecule has 0 bridgehead atoms. The summed E-state index contributed by atoms with van der Waals surface area (Å²) in [4.78, 5) is 12.4. The van der Waals surface area contributed by atoms with Crippen LogP contribution in [0.25, 0.3) is 0 Å². The largest absolute Gasteiger partial charge is 0.490 e. The van der Waals surface area contributed by atoms with Gasteiger partial charge in [0.15, 0.2) is 18.1 Å². The Morgan fingerprint density at radius 1 is 1.14 bits per heavy atom. The fraction of sp³-hybridized carbons (Fsp3) is 0.364. The molecule has 2 aromatic carbocycles. The van der Waals surface area contributed by atoms with Crippen molar-refractivity contribution in [1.82, 2.24) is 5.32 Å². The average Bonchev–Trinajstić information content (AvgIpc) is 2.95. The van der Waals surface area contributed by atoms with Gasteiger partial charge in [0.25, 0.3) is 5.91 Å². The van der Waals surface area contributed by atoms with Gasteiger partial charge in [-0.3, -0.25) is 4.79 Å². The minimum atomic E-state index is -0.213. The van der Waals surface area contributed by atoms with Gasteiger partial charge in [-0.1, -0.05) is 19.9 Å². The number of carbonyl (C=O) groups excluding carboxylic acids is 1. The van der Waals surface area contributed by atoms with E-state index in [0.717, 1.165) is 17.7 Å². The molecule has 0 aromatic heterocycles. The predicted octanol–water partition coefficient (Wildman–Crippen LogP) is 3.61. The van der Waals surface area contributed by atoms with Crippen molar-refractivity contribution < 1.29 is 19.0 Å². The van der Waals surface area contributed by atoms with Crippen molar-refractivity contribution in [3.63, 3.8) is 0 Å². The van der Waals surface area contributed by atoms with Gasteiger partial charge in [0.2, 0.25) is 0 Å². The zero-order valence-electron chi connectivity index (χ0n) is 16.1. The van der Waals surface area contributed by atoms with Crippen molar-refractivity contribution in [1.29, 1.82) is 5.26 Å². The minimum absolute atomic E-state index is 0.0975. The van der Waals surface area contributed by atoms with Crippen LogP contribution < -0.4 is 19.5 Å². The predicted molar refractivity (Wildman–Crippen MR) is 104 cm³/mol. The van der Waals surface area contributed by atoms with E-state index in [0.29, 0.717) is 30.3 Å². The summed E-state index contributed by atoms with van der Waals surface area (Å²) < 4.78 is 17.0. The number of hydrogen-bond acceptors (Lipinski definition) is 5. The molecule has 1 N–H and O–H groups in total. The SMILES string of the molecule is CC(C)[C@@H](NC(=O)COc1ccc(C#N)cc1)c1ccc2c(c1)OCCCO2. The van der Waals surface area contributed by atoms with Gasteiger partial charge in [-0.2, -0.15) is 5.26 Å². The molecule has 28 heavy (non-hydrogen) atoms. The summed E-state index contributed by atoms with van der Waals surface area (Å²) in [6.07, 6.45) is 0.848. The third-order valence-electron chi connectivity index (χ3n) is 4.47. The van der Waals surface area contributed by atoms with Crippen LogP contribution in [0.3, 0.4) is 0 Å². The molecule has 6 nitrogen and oxygen atoms in total. The van der Waals surface area contributed by atoms with E-state index in [1.54, 1.807) is 24.3 Å². The molecule has 0 saturated carbocycles. The van der Waals surface area contributed by atoms with Gasteiger partial charge in [-0.05, 0) is 47.9 Å². The van der Waals surface area contributed by atoms with Crippen LogP contribution in [0.15, 0.2) is 42.5 Å². The van der Waals surface area contributed by atoms with Crippen LogP contribution in [-0.2, 0) is 4.79 Å². The molecule has 0 fully saturated rings. The van der Waals surface area contributed by atoms with Gasteiger partial charge in [0, 0.05) is 6.42 Å². The third-order valence-corrected chi connectivity index (χ3v) is 4.47. The molecule has 0 saturated heterocycles. The highest BCUT2D eigenvalue weighted by molar-refractivity contribution is 5.78. The molecule has 0 aliphatic carbocycles. The molecule has 146 valence electrons. The maximum Gasteiger partial charge on any atom is 0.258 e. The summed E-state index contributed by atoms with van der Waals surface area (Å²) in [5.41, 5.74) is 1.51. The lowest BCUT2D eigenvalue weighted by molar-refractivity contribution is -0.124. The summed E-state index contributed by atoms with van der Waals surface area (Å²) in [5.74, 6) is 1.97. The Bertz CT molecular complexity index is 856. The zero-order chi connectivity index (χ0) is 19.9. The molecule has 0 radical (unpaired) electrons. The fourth-order valence-corrected chi connectivity index (χ4v) is 3.00. The lowest BCUT2D eigenvalue weighted by Gasteiger charge is -2.24. The Morgan fingerprint density at radius 2 is 1.86 bits per heavy atom. The van der Waals surface area contributed by atoms with E-state index in [1.165, 1.54) is 0 Å². The molecule has 0 spiro atoms. The number of hydrogen-bond donors (Lipinski definition) is 1. The lowest BCUT2D eigenvalue weighted by Crippen LogP contribution is -2.35. The van der Waals surface area contributed by atoms with E-state index in [-0.39, 0.29) is 24.5 Å². The maximum absolute atomic E-state index is 12.4. The number of carbonyl (C=O) groups is 1. The number of amides is 1. The van der Waals surface area contributed by atoms with Crippen LogP contribution in [-0.4, -0.2) is 25.7 Å². The number of nitriles is 1. The second-order valence-corrected chi connectivity index (χ2v) is 6.97. The monoisotopic (exact) mass is 380 g/mol. The first-order chi connectivity index (χ1) is 13.6. The van der Waals surface area contributed by atoms with Crippen LogP contribution in [0.1, 0.15) is 37.4 Å². The number of nitrogens with zero attached hydrogens (tertiary/aromatic N) is 1. The first-order valence-electron chi connectivity index (χ1n) is 9.38. The highest BCUT2D eigenvalue weighted by Gasteiger charge is 2.21. The summed E-state index contributed by atoms with van der Waals surface area (Å²) in [6, 6.07) is 14.3. The van der Waals surface area contributed by atoms with Crippen molar-refractivity contribution >= 4 is 5.91 Å². The Balaban J connectivity index is 1.64. The number of rotatable bonds is 6. The molecule has 3 rings (SSSR count). The molecule has 2 aromatic rings. The van der Waals surface area contributed by atoms with Crippen molar-refractivity contribution in [2.75, 3.05) is 19.8 Å². The van der Waals surface area contributed by atoms with E-state index in [9.17, 15) is 4.79 Å². The number of fused-ring (bicyclic) bond motifs is 1. The Kier molecular flexibility index (Phi) is 6.38. The van der Waals surface area contributed by atoms with Crippen LogP contribution in [0.2, 0.25) is 0 Å². The van der Waals surface area contributed by atoms with Crippen LogP contribution in [0.5, 0.6) is 17.2 Å². The zero-order valence-corrected chi connectivity index (χ0v) is 16.1. The number of benzene rings is 2. The molecular weight excluding hydrogens is 356 g/mol. The van der Waals surface area contributed by atoms with Gasteiger partial charge in [-0.25, -0.2) is 0 Å². The first kappa shape index (κ1) is 19.6. The summed E-state index contributed by atoms with van der Waals surface area (Å²) in [6.45, 7) is 5.27. The number of ether oxygens (including phenoxy) is 3. The van der Waals surface area contributed by atoms with Gasteiger partial charge < -0.3 is 19.5 Å². The molecular formula is C22H24N2O4. The highest BCUT2D eigenvalue weighted by atomic mass is 16.5. The Hall–Kier alpha value is -3.20. The van der Waals surface area contributed by atoms with Gasteiger partial charge >= 0.3 is 0 Å². The lowest BCUT2D eigenvalue weighted by atomic mass is 9.95. The van der Waals surface area contributed by atoms with E-state index < -0.39 is 0 Å². The topological polar surface area (TPSA) is 80.6 Å². The molecule has 1 amide bonds. The fourth-order valence-electron chi connectivity index (χ4n) is 3.00. The average molecular weight is 380 g/mol. The van der Waals surface area contributed by atoms with Crippen LogP contribution in [0, 0.1) is 17.2 Å². The van der Waals surface area contributed by atoms with Gasteiger partial charge in [-0.15, -0.1) is 0 Å². The second-order valence-electron chi connectivity index (χ2n) is 6.97. The Morgan fingerprint density at radius 3 is 2.54 bits per heavy atom. The van der Waals surface area contributed by atoms with Crippen LogP contribution in [0.4, 0.5) is 0 Å². The van der Waals surface area contributed by atoms with E-state index in [4.69, 9.17) is 19.5 Å². The van der Waals surface area contributed by atoms with Gasteiger partial charge in [0.05, 0.1) is 30.9 Å². The van der Waals surface area contributed by atoms with Crippen molar-refractivity contribution in [3.8, 4) is 23.3 Å². The van der Waals surface area contributed by atoms with Crippen molar-refractivity contribution in [3.05, 3.63) is 53.6 Å². The molecule has 6 heteroatoms. The molecule has 1 heterocycles. The van der Waals surface area contributed by atoms with E-state index >= 15 is 0 Å². The molecule has 1 aliphatic heterocycles. The molecule has 1 atom stereocenters. The second kappa shape index (κ2) is 9.14. The highest BCUT2D eigenvalue weighted by Crippen LogP contribution is 2.34. The molecule has 0 unspecified atom stereocenters. The summed E-state index contributed by atoms with van der Waals surface area (Å²) in [7, 11) is 0.